The monoisotopic (exact) mass is 304 g/mol. The minimum absolute atomic E-state index is 0.0111. The molecule has 2 aromatic rings. The number of carbonyl (C=O) groups excluding carboxylic acids is 1. The van der Waals surface area contributed by atoms with Crippen molar-refractivity contribution in [3.05, 3.63) is 34.8 Å². The van der Waals surface area contributed by atoms with Crippen molar-refractivity contribution in [2.24, 2.45) is 0 Å². The van der Waals surface area contributed by atoms with Gasteiger partial charge in [-0.25, -0.2) is 9.97 Å². The third kappa shape index (κ3) is 2.97. The maximum absolute atomic E-state index is 12.1. The predicted molar refractivity (Wildman–Crippen MR) is 81.0 cm³/mol. The summed E-state index contributed by atoms with van der Waals surface area (Å²) in [4.78, 5) is 23.4. The summed E-state index contributed by atoms with van der Waals surface area (Å²) in [6, 6.07) is 3.83. The van der Waals surface area contributed by atoms with Crippen LogP contribution in [0, 0.1) is 0 Å². The van der Waals surface area contributed by atoms with E-state index < -0.39 is 0 Å². The van der Waals surface area contributed by atoms with Gasteiger partial charge in [-0.15, -0.1) is 11.3 Å². The van der Waals surface area contributed by atoms with E-state index in [0.29, 0.717) is 12.4 Å². The fourth-order valence-corrected chi connectivity index (χ4v) is 3.04. The first-order valence-electron chi connectivity index (χ1n) is 6.72. The normalized spacial score (nSPS) is 17.8. The largest absolute Gasteiger partial charge is 0.478 e. The summed E-state index contributed by atoms with van der Waals surface area (Å²) in [5.74, 6) is 1.23. The number of carbonyl (C=O) groups is 1. The van der Waals surface area contributed by atoms with Gasteiger partial charge in [-0.3, -0.25) is 4.79 Å². The highest BCUT2D eigenvalue weighted by molar-refractivity contribution is 7.12. The molecule has 1 unspecified atom stereocenters. The highest BCUT2D eigenvalue weighted by Gasteiger charge is 2.27. The molecule has 0 aromatic carbocycles. The van der Waals surface area contributed by atoms with Gasteiger partial charge in [0.05, 0.1) is 12.0 Å². The topological polar surface area (TPSA) is 67.4 Å². The first-order chi connectivity index (χ1) is 10.3. The molecule has 1 amide bonds. The number of anilines is 1. The number of hydrogen-bond acceptors (Lipinski definition) is 6. The maximum atomic E-state index is 12.1. The second-order valence-electron chi connectivity index (χ2n) is 4.77. The number of amides is 1. The molecule has 7 heteroatoms. The molecule has 3 rings (SSSR count). The van der Waals surface area contributed by atoms with Gasteiger partial charge in [0, 0.05) is 31.5 Å². The third-order valence-corrected chi connectivity index (χ3v) is 4.28. The highest BCUT2D eigenvalue weighted by Crippen LogP contribution is 2.25. The van der Waals surface area contributed by atoms with E-state index in [0.717, 1.165) is 23.7 Å². The van der Waals surface area contributed by atoms with Gasteiger partial charge >= 0.3 is 0 Å². The van der Waals surface area contributed by atoms with Crippen LogP contribution >= 0.6 is 11.3 Å². The van der Waals surface area contributed by atoms with Gasteiger partial charge in [0.2, 0.25) is 0 Å². The zero-order chi connectivity index (χ0) is 14.7. The number of thiophene rings is 1. The zero-order valence-corrected chi connectivity index (χ0v) is 12.5. The second-order valence-corrected chi connectivity index (χ2v) is 5.72. The predicted octanol–water partition coefficient (Wildman–Crippen LogP) is 1.56. The van der Waals surface area contributed by atoms with Crippen molar-refractivity contribution in [2.45, 2.75) is 12.5 Å². The fraction of sp³-hybridized carbons (Fsp3) is 0.357. The average molecular weight is 304 g/mol. The summed E-state index contributed by atoms with van der Waals surface area (Å²) < 4.78 is 5.23. The summed E-state index contributed by atoms with van der Waals surface area (Å²) in [6.07, 6.45) is 4.14. The van der Waals surface area contributed by atoms with E-state index >= 15 is 0 Å². The molecule has 3 heterocycles. The molecule has 0 radical (unpaired) electrons. The van der Waals surface area contributed by atoms with Crippen LogP contribution in [-0.4, -0.2) is 42.1 Å². The molecule has 1 N–H and O–H groups in total. The Morgan fingerprint density at radius 3 is 3.10 bits per heavy atom. The lowest BCUT2D eigenvalue weighted by Crippen LogP contribution is -2.37. The van der Waals surface area contributed by atoms with Crippen LogP contribution < -0.4 is 15.0 Å². The SMILES string of the molecule is COc1nccnc1N1CCC(NC(=O)c2cccs2)C1. The summed E-state index contributed by atoms with van der Waals surface area (Å²) in [6.45, 7) is 1.54. The van der Waals surface area contributed by atoms with Crippen LogP contribution in [-0.2, 0) is 0 Å². The van der Waals surface area contributed by atoms with Gasteiger partial charge in [0.25, 0.3) is 11.8 Å². The number of nitrogens with one attached hydrogen (secondary N) is 1. The summed E-state index contributed by atoms with van der Waals surface area (Å²) in [5.41, 5.74) is 0. The Morgan fingerprint density at radius 1 is 1.48 bits per heavy atom. The Hall–Kier alpha value is -2.15. The Labute approximate surface area is 126 Å². The first-order valence-corrected chi connectivity index (χ1v) is 7.60. The number of rotatable bonds is 4. The Kier molecular flexibility index (Phi) is 4.01. The number of aromatic nitrogens is 2. The van der Waals surface area contributed by atoms with Gasteiger partial charge < -0.3 is 15.0 Å². The number of nitrogens with zero attached hydrogens (tertiary/aromatic N) is 3. The highest BCUT2D eigenvalue weighted by atomic mass is 32.1. The molecule has 1 aliphatic heterocycles. The van der Waals surface area contributed by atoms with Crippen LogP contribution in [0.25, 0.3) is 0 Å². The molecule has 0 saturated carbocycles. The average Bonchev–Trinajstić information content (AvgIpc) is 3.18. The first kappa shape index (κ1) is 13.8. The van der Waals surface area contributed by atoms with Crippen molar-refractivity contribution in [3.63, 3.8) is 0 Å². The number of ether oxygens (including phenoxy) is 1. The maximum Gasteiger partial charge on any atom is 0.261 e. The molecule has 0 spiro atoms. The number of hydrogen-bond donors (Lipinski definition) is 1. The van der Waals surface area contributed by atoms with Gasteiger partial charge in [0.15, 0.2) is 5.82 Å². The fourth-order valence-electron chi connectivity index (χ4n) is 2.41. The molecule has 110 valence electrons. The zero-order valence-electron chi connectivity index (χ0n) is 11.7. The van der Waals surface area contributed by atoms with Crippen molar-refractivity contribution < 1.29 is 9.53 Å². The van der Waals surface area contributed by atoms with Crippen LogP contribution in [0.15, 0.2) is 29.9 Å². The molecular formula is C14H16N4O2S. The van der Waals surface area contributed by atoms with Gasteiger partial charge in [-0.2, -0.15) is 0 Å². The van der Waals surface area contributed by atoms with Crippen molar-refractivity contribution >= 4 is 23.1 Å². The van der Waals surface area contributed by atoms with Gasteiger partial charge in [-0.05, 0) is 17.9 Å². The molecule has 1 aliphatic rings. The smallest absolute Gasteiger partial charge is 0.261 e. The van der Waals surface area contributed by atoms with Crippen LogP contribution in [0.2, 0.25) is 0 Å². The minimum Gasteiger partial charge on any atom is -0.478 e. The summed E-state index contributed by atoms with van der Waals surface area (Å²) >= 11 is 1.45. The lowest BCUT2D eigenvalue weighted by molar-refractivity contribution is 0.0944. The van der Waals surface area contributed by atoms with E-state index in [-0.39, 0.29) is 11.9 Å². The van der Waals surface area contributed by atoms with Crippen LogP contribution in [0.3, 0.4) is 0 Å². The summed E-state index contributed by atoms with van der Waals surface area (Å²) in [7, 11) is 1.58. The Balaban J connectivity index is 1.64. The quantitative estimate of drug-likeness (QED) is 0.928. The summed E-state index contributed by atoms with van der Waals surface area (Å²) in [5, 5.41) is 4.96. The minimum atomic E-state index is -0.0111. The molecule has 6 nitrogen and oxygen atoms in total. The van der Waals surface area contributed by atoms with Crippen molar-refractivity contribution in [2.75, 3.05) is 25.1 Å². The Bertz CT molecular complexity index is 617. The molecule has 1 saturated heterocycles. The van der Waals surface area contributed by atoms with E-state index in [2.05, 4.69) is 20.2 Å². The molecule has 0 bridgehead atoms. The molecule has 21 heavy (non-hydrogen) atoms. The van der Waals surface area contributed by atoms with Gasteiger partial charge in [-0.1, -0.05) is 6.07 Å². The second kappa shape index (κ2) is 6.09. The third-order valence-electron chi connectivity index (χ3n) is 3.41. The van der Waals surface area contributed by atoms with Crippen molar-refractivity contribution in [1.29, 1.82) is 0 Å². The van der Waals surface area contributed by atoms with Crippen LogP contribution in [0.1, 0.15) is 16.1 Å². The molecule has 0 aliphatic carbocycles. The van der Waals surface area contributed by atoms with E-state index in [9.17, 15) is 4.79 Å². The molecule has 1 atom stereocenters. The number of methoxy groups -OCH3 is 1. The van der Waals surface area contributed by atoms with E-state index in [1.807, 2.05) is 17.5 Å². The molecule has 1 fully saturated rings. The van der Waals surface area contributed by atoms with E-state index in [1.54, 1.807) is 19.5 Å². The molecule has 2 aromatic heterocycles. The molecular weight excluding hydrogens is 288 g/mol. The van der Waals surface area contributed by atoms with Crippen molar-refractivity contribution in [3.8, 4) is 5.88 Å². The van der Waals surface area contributed by atoms with E-state index in [4.69, 9.17) is 4.74 Å². The lowest BCUT2D eigenvalue weighted by Gasteiger charge is -2.19. The van der Waals surface area contributed by atoms with E-state index in [1.165, 1.54) is 11.3 Å². The standard InChI is InChI=1S/C14H16N4O2S/c1-20-14-12(15-5-6-16-14)18-7-4-10(9-18)17-13(19)11-3-2-8-21-11/h2-3,5-6,8,10H,4,7,9H2,1H3,(H,17,19). The van der Waals surface area contributed by atoms with Crippen LogP contribution in [0.5, 0.6) is 5.88 Å². The van der Waals surface area contributed by atoms with Crippen molar-refractivity contribution in [1.82, 2.24) is 15.3 Å². The van der Waals surface area contributed by atoms with Gasteiger partial charge in [0.1, 0.15) is 0 Å². The van der Waals surface area contributed by atoms with Crippen LogP contribution in [0.4, 0.5) is 5.82 Å². The lowest BCUT2D eigenvalue weighted by atomic mass is 10.2. The Morgan fingerprint density at radius 2 is 2.33 bits per heavy atom.